The Labute approximate surface area is 97.6 Å². The lowest BCUT2D eigenvalue weighted by Crippen LogP contribution is -2.30. The SMILES string of the molecule is COCCC(Nc1cncc(Cl)n1)C(=O)O. The first-order chi connectivity index (χ1) is 7.63. The monoisotopic (exact) mass is 245 g/mol. The zero-order chi connectivity index (χ0) is 12.0. The number of nitrogens with one attached hydrogen (secondary N) is 1. The molecule has 1 rings (SSSR count). The lowest BCUT2D eigenvalue weighted by Gasteiger charge is -2.14. The van der Waals surface area contributed by atoms with Gasteiger partial charge in [-0.05, 0) is 0 Å². The predicted octanol–water partition coefficient (Wildman–Crippen LogP) is 1.03. The Hall–Kier alpha value is -1.40. The van der Waals surface area contributed by atoms with Gasteiger partial charge in [0, 0.05) is 20.1 Å². The Kier molecular flexibility index (Phi) is 4.94. The lowest BCUT2D eigenvalue weighted by atomic mass is 10.2. The van der Waals surface area contributed by atoms with Crippen LogP contribution < -0.4 is 5.32 Å². The summed E-state index contributed by atoms with van der Waals surface area (Å²) in [5.74, 6) is -0.644. The minimum Gasteiger partial charge on any atom is -0.480 e. The first-order valence-electron chi connectivity index (χ1n) is 4.59. The van der Waals surface area contributed by atoms with Crippen LogP contribution >= 0.6 is 11.6 Å². The molecule has 6 nitrogen and oxygen atoms in total. The van der Waals surface area contributed by atoms with Crippen LogP contribution in [0.3, 0.4) is 0 Å². The number of hydrogen-bond acceptors (Lipinski definition) is 5. The van der Waals surface area contributed by atoms with E-state index in [-0.39, 0.29) is 5.15 Å². The third-order valence-electron chi connectivity index (χ3n) is 1.84. The number of hydrogen-bond donors (Lipinski definition) is 2. The molecule has 0 saturated carbocycles. The largest absolute Gasteiger partial charge is 0.480 e. The average molecular weight is 246 g/mol. The van der Waals surface area contributed by atoms with Gasteiger partial charge in [0.2, 0.25) is 0 Å². The summed E-state index contributed by atoms with van der Waals surface area (Å²) in [6.45, 7) is 0.345. The van der Waals surface area contributed by atoms with Crippen molar-refractivity contribution in [2.75, 3.05) is 19.0 Å². The zero-order valence-corrected chi connectivity index (χ0v) is 9.44. The van der Waals surface area contributed by atoms with Crippen LogP contribution in [0.15, 0.2) is 12.4 Å². The van der Waals surface area contributed by atoms with Crippen molar-refractivity contribution in [1.82, 2.24) is 9.97 Å². The van der Waals surface area contributed by atoms with E-state index in [1.54, 1.807) is 0 Å². The molecule has 1 atom stereocenters. The molecule has 0 spiro atoms. The highest BCUT2D eigenvalue weighted by Gasteiger charge is 2.17. The van der Waals surface area contributed by atoms with Gasteiger partial charge in [-0.2, -0.15) is 0 Å². The van der Waals surface area contributed by atoms with Crippen molar-refractivity contribution in [2.45, 2.75) is 12.5 Å². The van der Waals surface area contributed by atoms with Gasteiger partial charge in [0.05, 0.1) is 12.4 Å². The van der Waals surface area contributed by atoms with Gasteiger partial charge in [-0.1, -0.05) is 11.6 Å². The van der Waals surface area contributed by atoms with Crippen molar-refractivity contribution in [3.05, 3.63) is 17.5 Å². The number of methoxy groups -OCH3 is 1. The number of aromatic nitrogens is 2. The highest BCUT2D eigenvalue weighted by molar-refractivity contribution is 6.29. The molecular formula is C9H12ClN3O3. The Morgan fingerprint density at radius 3 is 3.00 bits per heavy atom. The molecular weight excluding hydrogens is 234 g/mol. The Balaban J connectivity index is 2.64. The molecule has 0 aliphatic heterocycles. The molecule has 0 aliphatic carbocycles. The van der Waals surface area contributed by atoms with Crippen LogP contribution in [0, 0.1) is 0 Å². The van der Waals surface area contributed by atoms with Gasteiger partial charge in [-0.3, -0.25) is 4.98 Å². The average Bonchev–Trinajstić information content (AvgIpc) is 2.24. The first-order valence-corrected chi connectivity index (χ1v) is 4.97. The molecule has 0 aliphatic rings. The van der Waals surface area contributed by atoms with Crippen LogP contribution in [0.5, 0.6) is 0 Å². The van der Waals surface area contributed by atoms with Gasteiger partial charge in [0.1, 0.15) is 17.0 Å². The summed E-state index contributed by atoms with van der Waals surface area (Å²) in [6.07, 6.45) is 3.12. The van der Waals surface area contributed by atoms with E-state index in [0.29, 0.717) is 18.8 Å². The summed E-state index contributed by atoms with van der Waals surface area (Å²) in [7, 11) is 1.51. The number of aliphatic carboxylic acids is 1. The van der Waals surface area contributed by atoms with Gasteiger partial charge in [0.15, 0.2) is 0 Å². The van der Waals surface area contributed by atoms with E-state index >= 15 is 0 Å². The molecule has 0 aromatic carbocycles. The number of halogens is 1. The maximum Gasteiger partial charge on any atom is 0.326 e. The van der Waals surface area contributed by atoms with E-state index in [0.717, 1.165) is 0 Å². The lowest BCUT2D eigenvalue weighted by molar-refractivity contribution is -0.138. The number of carbonyl (C=O) groups is 1. The van der Waals surface area contributed by atoms with E-state index in [4.69, 9.17) is 21.4 Å². The maximum atomic E-state index is 10.9. The molecule has 0 fully saturated rings. The van der Waals surface area contributed by atoms with Gasteiger partial charge >= 0.3 is 5.97 Å². The van der Waals surface area contributed by atoms with Crippen LogP contribution in [0.4, 0.5) is 5.82 Å². The quantitative estimate of drug-likeness (QED) is 0.779. The summed E-state index contributed by atoms with van der Waals surface area (Å²) in [4.78, 5) is 18.6. The van der Waals surface area contributed by atoms with Crippen molar-refractivity contribution < 1.29 is 14.6 Å². The van der Waals surface area contributed by atoms with Gasteiger partial charge in [-0.15, -0.1) is 0 Å². The van der Waals surface area contributed by atoms with Crippen LogP contribution in [0.1, 0.15) is 6.42 Å². The third kappa shape index (κ3) is 4.00. The summed E-state index contributed by atoms with van der Waals surface area (Å²) in [5.41, 5.74) is 0. The Bertz CT molecular complexity index is 362. The second-order valence-corrected chi connectivity index (χ2v) is 3.43. The standard InChI is InChI=1S/C9H12ClN3O3/c1-16-3-2-6(9(14)15)12-8-5-11-4-7(10)13-8/h4-6H,2-3H2,1H3,(H,12,13)(H,14,15). The van der Waals surface area contributed by atoms with E-state index in [1.165, 1.54) is 19.5 Å². The van der Waals surface area contributed by atoms with Crippen molar-refractivity contribution in [3.63, 3.8) is 0 Å². The molecule has 0 radical (unpaired) electrons. The third-order valence-corrected chi connectivity index (χ3v) is 2.02. The Morgan fingerprint density at radius 2 is 2.44 bits per heavy atom. The van der Waals surface area contributed by atoms with Gasteiger partial charge in [-0.25, -0.2) is 9.78 Å². The van der Waals surface area contributed by atoms with Gasteiger partial charge < -0.3 is 15.2 Å². The second-order valence-electron chi connectivity index (χ2n) is 3.04. The van der Waals surface area contributed by atoms with E-state index < -0.39 is 12.0 Å². The first kappa shape index (κ1) is 12.7. The van der Waals surface area contributed by atoms with E-state index in [2.05, 4.69) is 15.3 Å². The highest BCUT2D eigenvalue weighted by Crippen LogP contribution is 2.09. The highest BCUT2D eigenvalue weighted by atomic mass is 35.5. The fourth-order valence-corrected chi connectivity index (χ4v) is 1.23. The molecule has 7 heteroatoms. The fraction of sp³-hybridized carbons (Fsp3) is 0.444. The number of ether oxygens (including phenoxy) is 1. The summed E-state index contributed by atoms with van der Waals surface area (Å²) < 4.78 is 4.82. The van der Waals surface area contributed by atoms with Crippen molar-refractivity contribution in [2.24, 2.45) is 0 Å². The summed E-state index contributed by atoms with van der Waals surface area (Å²) in [5, 5.41) is 11.9. The number of anilines is 1. The molecule has 0 saturated heterocycles. The second kappa shape index (κ2) is 6.24. The van der Waals surface area contributed by atoms with E-state index in [1.807, 2.05) is 0 Å². The normalized spacial score (nSPS) is 12.1. The maximum absolute atomic E-state index is 10.9. The molecule has 0 bridgehead atoms. The number of nitrogens with zero attached hydrogens (tertiary/aromatic N) is 2. The van der Waals surface area contributed by atoms with Crippen molar-refractivity contribution in [1.29, 1.82) is 0 Å². The van der Waals surface area contributed by atoms with Gasteiger partial charge in [0.25, 0.3) is 0 Å². The smallest absolute Gasteiger partial charge is 0.326 e. The minimum absolute atomic E-state index is 0.209. The Morgan fingerprint density at radius 1 is 1.69 bits per heavy atom. The number of carboxylic acids is 1. The topological polar surface area (TPSA) is 84.3 Å². The number of rotatable bonds is 6. The predicted molar refractivity (Wildman–Crippen MR) is 58.6 cm³/mol. The molecule has 0 amide bonds. The van der Waals surface area contributed by atoms with Crippen molar-refractivity contribution >= 4 is 23.4 Å². The zero-order valence-electron chi connectivity index (χ0n) is 8.68. The molecule has 1 unspecified atom stereocenters. The molecule has 1 aromatic rings. The van der Waals surface area contributed by atoms with Crippen LogP contribution in [-0.2, 0) is 9.53 Å². The molecule has 1 heterocycles. The minimum atomic E-state index is -0.973. The van der Waals surface area contributed by atoms with Crippen LogP contribution in [0.25, 0.3) is 0 Å². The molecule has 88 valence electrons. The molecule has 16 heavy (non-hydrogen) atoms. The van der Waals surface area contributed by atoms with Crippen molar-refractivity contribution in [3.8, 4) is 0 Å². The number of carboxylic acid groups (broad SMARTS) is 1. The fourth-order valence-electron chi connectivity index (χ4n) is 1.08. The summed E-state index contributed by atoms with van der Waals surface area (Å²) >= 11 is 5.63. The molecule has 1 aromatic heterocycles. The van der Waals surface area contributed by atoms with Crippen LogP contribution in [0.2, 0.25) is 5.15 Å². The summed E-state index contributed by atoms with van der Waals surface area (Å²) in [6, 6.07) is -0.771. The molecule has 2 N–H and O–H groups in total. The van der Waals surface area contributed by atoms with E-state index in [9.17, 15) is 4.79 Å². The van der Waals surface area contributed by atoms with Crippen LogP contribution in [-0.4, -0.2) is 40.8 Å².